The summed E-state index contributed by atoms with van der Waals surface area (Å²) in [4.78, 5) is 0. The molecule has 0 fully saturated rings. The maximum atomic E-state index is 12.4. The Bertz CT molecular complexity index is 623. The van der Waals surface area contributed by atoms with Gasteiger partial charge in [0.1, 0.15) is 5.75 Å². The van der Waals surface area contributed by atoms with E-state index < -0.39 is 6.61 Å². The lowest BCUT2D eigenvalue weighted by Crippen LogP contribution is -2.03. The second-order valence-corrected chi connectivity index (χ2v) is 5.45. The van der Waals surface area contributed by atoms with Crippen molar-refractivity contribution in [1.82, 2.24) is 0 Å². The van der Waals surface area contributed by atoms with Crippen LogP contribution in [-0.4, -0.2) is 6.61 Å². The molecule has 1 nitrogen and oxygen atoms in total. The minimum Gasteiger partial charge on any atom is -0.434 e. The molecule has 0 aliphatic rings. The molecule has 0 aliphatic heterocycles. The predicted molar refractivity (Wildman–Crippen MR) is 78.5 cm³/mol. The molecule has 0 saturated carbocycles. The molecular weight excluding hydrogens is 352 g/mol. The van der Waals surface area contributed by atoms with Gasteiger partial charge in [0.05, 0.1) is 10.0 Å². The Morgan fingerprint density at radius 2 is 1.45 bits per heavy atom. The summed E-state index contributed by atoms with van der Waals surface area (Å²) in [5, 5.41) is 1.10. The minimum absolute atomic E-state index is 0.0736. The van der Waals surface area contributed by atoms with E-state index in [1.807, 2.05) is 0 Å². The van der Waals surface area contributed by atoms with Gasteiger partial charge in [0, 0.05) is 21.2 Å². The van der Waals surface area contributed by atoms with E-state index in [-0.39, 0.29) is 21.4 Å². The summed E-state index contributed by atoms with van der Waals surface area (Å²) in [6, 6.07) is 7.11. The van der Waals surface area contributed by atoms with Crippen molar-refractivity contribution in [1.29, 1.82) is 0 Å². The Labute approximate surface area is 134 Å². The lowest BCUT2D eigenvalue weighted by atomic mass is 10.0. The molecule has 0 radical (unpaired) electrons. The van der Waals surface area contributed by atoms with Crippen LogP contribution in [0.15, 0.2) is 30.3 Å². The average molecular weight is 358 g/mol. The van der Waals surface area contributed by atoms with Crippen LogP contribution in [0.2, 0.25) is 20.1 Å². The van der Waals surface area contributed by atoms with Crippen LogP contribution in [0.25, 0.3) is 11.1 Å². The summed E-state index contributed by atoms with van der Waals surface area (Å²) in [6.07, 6.45) is 0. The van der Waals surface area contributed by atoms with Crippen molar-refractivity contribution < 1.29 is 13.5 Å². The summed E-state index contributed by atoms with van der Waals surface area (Å²) in [5.41, 5.74) is 0.598. The SMILES string of the molecule is FC(F)Oc1ccc(Cl)cc1-c1c(Cl)cc(Cl)cc1Cl. The summed E-state index contributed by atoms with van der Waals surface area (Å²) in [7, 11) is 0. The van der Waals surface area contributed by atoms with E-state index in [0.29, 0.717) is 15.6 Å². The van der Waals surface area contributed by atoms with Crippen LogP contribution in [0.5, 0.6) is 5.75 Å². The lowest BCUT2D eigenvalue weighted by Gasteiger charge is -2.14. The highest BCUT2D eigenvalue weighted by Gasteiger charge is 2.17. The predicted octanol–water partition coefficient (Wildman–Crippen LogP) is 6.57. The van der Waals surface area contributed by atoms with Gasteiger partial charge in [-0.2, -0.15) is 8.78 Å². The Morgan fingerprint density at radius 1 is 0.850 bits per heavy atom. The highest BCUT2D eigenvalue weighted by molar-refractivity contribution is 6.42. The molecule has 106 valence electrons. The monoisotopic (exact) mass is 356 g/mol. The van der Waals surface area contributed by atoms with Gasteiger partial charge in [0.15, 0.2) is 0 Å². The molecule has 0 atom stereocenters. The highest BCUT2D eigenvalue weighted by atomic mass is 35.5. The van der Waals surface area contributed by atoms with Crippen molar-refractivity contribution in [2.24, 2.45) is 0 Å². The summed E-state index contributed by atoms with van der Waals surface area (Å²) in [5.74, 6) is -0.0736. The van der Waals surface area contributed by atoms with E-state index >= 15 is 0 Å². The van der Waals surface area contributed by atoms with Crippen molar-refractivity contribution in [3.63, 3.8) is 0 Å². The Kier molecular flexibility index (Phi) is 4.97. The van der Waals surface area contributed by atoms with Crippen LogP contribution >= 0.6 is 46.4 Å². The number of hydrogen-bond donors (Lipinski definition) is 0. The van der Waals surface area contributed by atoms with Gasteiger partial charge in [-0.05, 0) is 30.3 Å². The first-order chi connectivity index (χ1) is 9.38. The number of benzene rings is 2. The van der Waals surface area contributed by atoms with E-state index in [1.165, 1.54) is 30.3 Å². The van der Waals surface area contributed by atoms with Gasteiger partial charge in [0.25, 0.3) is 0 Å². The van der Waals surface area contributed by atoms with Crippen LogP contribution in [-0.2, 0) is 0 Å². The number of halogens is 6. The molecule has 0 aromatic heterocycles. The normalized spacial score (nSPS) is 10.9. The first-order valence-corrected chi connectivity index (χ1v) is 6.79. The fourth-order valence-corrected chi connectivity index (χ4v) is 2.89. The molecule has 0 spiro atoms. The number of rotatable bonds is 3. The smallest absolute Gasteiger partial charge is 0.387 e. The fraction of sp³-hybridized carbons (Fsp3) is 0.0769. The Hall–Kier alpha value is -0.740. The van der Waals surface area contributed by atoms with E-state index in [9.17, 15) is 8.78 Å². The van der Waals surface area contributed by atoms with Crippen molar-refractivity contribution >= 4 is 46.4 Å². The van der Waals surface area contributed by atoms with Crippen molar-refractivity contribution in [3.05, 3.63) is 50.4 Å². The first-order valence-electron chi connectivity index (χ1n) is 5.27. The molecule has 20 heavy (non-hydrogen) atoms. The second-order valence-electron chi connectivity index (χ2n) is 3.76. The summed E-state index contributed by atoms with van der Waals surface area (Å²) in [6.45, 7) is -2.97. The van der Waals surface area contributed by atoms with E-state index in [1.54, 1.807) is 0 Å². The summed E-state index contributed by atoms with van der Waals surface area (Å²) < 4.78 is 29.3. The summed E-state index contributed by atoms with van der Waals surface area (Å²) >= 11 is 23.9. The third-order valence-electron chi connectivity index (χ3n) is 2.43. The molecule has 0 N–H and O–H groups in total. The van der Waals surface area contributed by atoms with Gasteiger partial charge in [0.2, 0.25) is 0 Å². The molecule has 0 bridgehead atoms. The van der Waals surface area contributed by atoms with Gasteiger partial charge >= 0.3 is 6.61 Å². The first kappa shape index (κ1) is 15.6. The minimum atomic E-state index is -2.97. The maximum Gasteiger partial charge on any atom is 0.387 e. The standard InChI is InChI=1S/C13H6Cl4F2O/c14-6-1-2-11(20-13(18)19)8(3-6)12-9(16)4-7(15)5-10(12)17/h1-5,13H. The lowest BCUT2D eigenvalue weighted by molar-refractivity contribution is -0.0494. The van der Waals surface area contributed by atoms with Crippen LogP contribution in [0, 0.1) is 0 Å². The number of hydrogen-bond acceptors (Lipinski definition) is 1. The van der Waals surface area contributed by atoms with Crippen LogP contribution in [0.3, 0.4) is 0 Å². The molecule has 0 aliphatic carbocycles. The van der Waals surface area contributed by atoms with Crippen molar-refractivity contribution in [2.45, 2.75) is 6.61 Å². The average Bonchev–Trinajstić information content (AvgIpc) is 2.30. The number of ether oxygens (including phenoxy) is 1. The molecule has 2 rings (SSSR count). The van der Waals surface area contributed by atoms with Crippen LogP contribution in [0.1, 0.15) is 0 Å². The molecule has 7 heteroatoms. The maximum absolute atomic E-state index is 12.4. The molecular formula is C13H6Cl4F2O. The van der Waals surface area contributed by atoms with Crippen LogP contribution < -0.4 is 4.74 Å². The fourth-order valence-electron chi connectivity index (χ4n) is 1.70. The highest BCUT2D eigenvalue weighted by Crippen LogP contribution is 2.42. The van der Waals surface area contributed by atoms with Gasteiger partial charge in [-0.1, -0.05) is 46.4 Å². The Balaban J connectivity index is 2.65. The van der Waals surface area contributed by atoms with E-state index in [0.717, 1.165) is 0 Å². The molecule has 2 aromatic carbocycles. The van der Waals surface area contributed by atoms with Gasteiger partial charge in [-0.3, -0.25) is 0 Å². The Morgan fingerprint density at radius 3 is 2.00 bits per heavy atom. The van der Waals surface area contributed by atoms with E-state index in [2.05, 4.69) is 4.74 Å². The zero-order valence-electron chi connectivity index (χ0n) is 9.64. The quantitative estimate of drug-likeness (QED) is 0.603. The van der Waals surface area contributed by atoms with Crippen molar-refractivity contribution in [2.75, 3.05) is 0 Å². The zero-order valence-corrected chi connectivity index (χ0v) is 12.7. The molecule has 0 unspecified atom stereocenters. The van der Waals surface area contributed by atoms with Crippen molar-refractivity contribution in [3.8, 4) is 16.9 Å². The second kappa shape index (κ2) is 6.35. The largest absolute Gasteiger partial charge is 0.434 e. The number of alkyl halides is 2. The molecule has 0 amide bonds. The third-order valence-corrected chi connectivity index (χ3v) is 3.48. The molecule has 2 aromatic rings. The van der Waals surface area contributed by atoms with Crippen LogP contribution in [0.4, 0.5) is 8.78 Å². The third kappa shape index (κ3) is 3.47. The topological polar surface area (TPSA) is 9.23 Å². The zero-order chi connectivity index (χ0) is 14.9. The van der Waals surface area contributed by atoms with Gasteiger partial charge in [-0.25, -0.2) is 0 Å². The van der Waals surface area contributed by atoms with Gasteiger partial charge < -0.3 is 4.74 Å². The molecule has 0 saturated heterocycles. The van der Waals surface area contributed by atoms with E-state index in [4.69, 9.17) is 46.4 Å². The molecule has 0 heterocycles. The van der Waals surface area contributed by atoms with Gasteiger partial charge in [-0.15, -0.1) is 0 Å².